The third-order valence-corrected chi connectivity index (χ3v) is 4.54. The van der Waals surface area contributed by atoms with Gasteiger partial charge in [-0.25, -0.2) is 13.6 Å². The van der Waals surface area contributed by atoms with Crippen LogP contribution in [0.15, 0.2) is 11.0 Å². The highest BCUT2D eigenvalue weighted by Gasteiger charge is 2.27. The first-order chi connectivity index (χ1) is 9.34. The van der Waals surface area contributed by atoms with Gasteiger partial charge in [0, 0.05) is 12.1 Å². The standard InChI is InChI=1S/C12H15ClN2O4S/c13-5-10(16)15-6-8-4-7-2-1-3-9(7)12(11(8)17)20(14,18)19/h4,17H,1-3,5-6H2,(H,15,16)(H2,14,18,19). The quantitative estimate of drug-likeness (QED) is 0.697. The maximum atomic E-state index is 11.7. The van der Waals surface area contributed by atoms with Crippen LogP contribution in [0.3, 0.4) is 0 Å². The summed E-state index contributed by atoms with van der Waals surface area (Å²) >= 11 is 5.37. The second-order valence-electron chi connectivity index (χ2n) is 4.66. The molecule has 0 saturated carbocycles. The topological polar surface area (TPSA) is 109 Å². The molecule has 0 fully saturated rings. The van der Waals surface area contributed by atoms with E-state index in [1.807, 2.05) is 0 Å². The van der Waals surface area contributed by atoms with E-state index in [-0.39, 0.29) is 23.1 Å². The van der Waals surface area contributed by atoms with Crippen molar-refractivity contribution in [3.63, 3.8) is 0 Å². The zero-order valence-corrected chi connectivity index (χ0v) is 12.2. The molecule has 110 valence electrons. The molecule has 0 aromatic heterocycles. The molecule has 0 radical (unpaired) electrons. The first-order valence-electron chi connectivity index (χ1n) is 6.06. The van der Waals surface area contributed by atoms with E-state index in [9.17, 15) is 18.3 Å². The van der Waals surface area contributed by atoms with E-state index in [0.29, 0.717) is 17.5 Å². The number of halogens is 1. The molecule has 6 nitrogen and oxygen atoms in total. The molecule has 1 aliphatic rings. The predicted molar refractivity (Wildman–Crippen MR) is 74.1 cm³/mol. The van der Waals surface area contributed by atoms with E-state index in [4.69, 9.17) is 16.7 Å². The zero-order chi connectivity index (χ0) is 14.9. The van der Waals surface area contributed by atoms with E-state index in [0.717, 1.165) is 18.4 Å². The van der Waals surface area contributed by atoms with Crippen molar-refractivity contribution >= 4 is 27.5 Å². The number of phenolic OH excluding ortho intramolecular Hbond substituents is 1. The van der Waals surface area contributed by atoms with Gasteiger partial charge in [0.15, 0.2) is 0 Å². The Hall–Kier alpha value is -1.31. The molecule has 0 unspecified atom stereocenters. The number of hydrogen-bond acceptors (Lipinski definition) is 4. The molecular formula is C12H15ClN2O4S. The normalized spacial score (nSPS) is 14.1. The first-order valence-corrected chi connectivity index (χ1v) is 8.14. The highest BCUT2D eigenvalue weighted by atomic mass is 35.5. The molecule has 0 atom stereocenters. The SMILES string of the molecule is NS(=O)(=O)c1c(O)c(CNC(=O)CCl)cc2c1CCC2. The minimum Gasteiger partial charge on any atom is -0.506 e. The molecule has 1 amide bonds. The van der Waals surface area contributed by atoms with Crippen LogP contribution in [0, 0.1) is 0 Å². The molecule has 0 heterocycles. The molecule has 8 heteroatoms. The largest absolute Gasteiger partial charge is 0.506 e. The van der Waals surface area contributed by atoms with Gasteiger partial charge < -0.3 is 10.4 Å². The van der Waals surface area contributed by atoms with Crippen LogP contribution in [0.2, 0.25) is 0 Å². The lowest BCUT2D eigenvalue weighted by Gasteiger charge is -2.14. The average molecular weight is 319 g/mol. The number of benzene rings is 1. The van der Waals surface area contributed by atoms with Crippen LogP contribution in [0.25, 0.3) is 0 Å². The highest BCUT2D eigenvalue weighted by Crippen LogP contribution is 2.37. The van der Waals surface area contributed by atoms with Crippen LogP contribution in [0.5, 0.6) is 5.75 Å². The number of aryl methyl sites for hydroxylation is 1. The van der Waals surface area contributed by atoms with E-state index < -0.39 is 15.9 Å². The molecule has 4 N–H and O–H groups in total. The van der Waals surface area contributed by atoms with Gasteiger partial charge >= 0.3 is 0 Å². The number of rotatable bonds is 4. The monoisotopic (exact) mass is 318 g/mol. The number of aromatic hydroxyl groups is 1. The molecule has 0 saturated heterocycles. The molecule has 0 aliphatic heterocycles. The number of primary sulfonamides is 1. The van der Waals surface area contributed by atoms with Crippen LogP contribution in [-0.4, -0.2) is 25.3 Å². The Morgan fingerprint density at radius 1 is 1.45 bits per heavy atom. The average Bonchev–Trinajstić information content (AvgIpc) is 2.81. The van der Waals surface area contributed by atoms with Gasteiger partial charge in [0.1, 0.15) is 16.5 Å². The fourth-order valence-electron chi connectivity index (χ4n) is 2.44. The summed E-state index contributed by atoms with van der Waals surface area (Å²) in [6.45, 7) is 0.00713. The number of alkyl halides is 1. The van der Waals surface area contributed by atoms with Gasteiger partial charge in [-0.15, -0.1) is 11.6 Å². The lowest BCUT2D eigenvalue weighted by Crippen LogP contribution is -2.24. The second-order valence-corrected chi connectivity index (χ2v) is 6.43. The van der Waals surface area contributed by atoms with Crippen LogP contribution in [0.1, 0.15) is 23.1 Å². The minimum atomic E-state index is -4.01. The fourth-order valence-corrected chi connectivity index (χ4v) is 3.51. The number of carbonyl (C=O) groups is 1. The third-order valence-electron chi connectivity index (χ3n) is 3.28. The number of nitrogens with two attached hydrogens (primary N) is 1. The summed E-state index contributed by atoms with van der Waals surface area (Å²) in [5.41, 5.74) is 1.76. The van der Waals surface area contributed by atoms with Crippen molar-refractivity contribution in [2.75, 3.05) is 5.88 Å². The number of sulfonamides is 1. The number of carbonyl (C=O) groups excluding carboxylic acids is 1. The summed E-state index contributed by atoms with van der Waals surface area (Å²) in [4.78, 5) is 10.9. The Bertz CT molecular complexity index is 658. The van der Waals surface area contributed by atoms with E-state index >= 15 is 0 Å². The van der Waals surface area contributed by atoms with E-state index in [1.54, 1.807) is 6.07 Å². The number of hydrogen-bond donors (Lipinski definition) is 3. The van der Waals surface area contributed by atoms with Crippen molar-refractivity contribution in [2.45, 2.75) is 30.7 Å². The fraction of sp³-hybridized carbons (Fsp3) is 0.417. The first kappa shape index (κ1) is 15.1. The van der Waals surface area contributed by atoms with Gasteiger partial charge in [-0.3, -0.25) is 4.79 Å². The number of amides is 1. The lowest BCUT2D eigenvalue weighted by atomic mass is 10.0. The van der Waals surface area contributed by atoms with Gasteiger partial charge in [-0.2, -0.15) is 0 Å². The Balaban J connectivity index is 2.47. The number of fused-ring (bicyclic) bond motifs is 1. The molecular weight excluding hydrogens is 304 g/mol. The molecule has 0 spiro atoms. The zero-order valence-electron chi connectivity index (χ0n) is 10.6. The Morgan fingerprint density at radius 3 is 2.75 bits per heavy atom. The Labute approximate surface area is 122 Å². The van der Waals surface area contributed by atoms with Crippen LogP contribution in [0.4, 0.5) is 0 Å². The molecule has 20 heavy (non-hydrogen) atoms. The molecule has 0 bridgehead atoms. The molecule has 2 rings (SSSR count). The summed E-state index contributed by atoms with van der Waals surface area (Å²) in [7, 11) is -4.01. The van der Waals surface area contributed by atoms with Gasteiger partial charge in [0.2, 0.25) is 15.9 Å². The van der Waals surface area contributed by atoms with Crippen molar-refractivity contribution in [3.8, 4) is 5.75 Å². The van der Waals surface area contributed by atoms with Crippen LogP contribution >= 0.6 is 11.6 Å². The Morgan fingerprint density at radius 2 is 2.15 bits per heavy atom. The minimum absolute atomic E-state index is 0.00713. The summed E-state index contributed by atoms with van der Waals surface area (Å²) in [6.07, 6.45) is 2.12. The molecule has 1 aromatic carbocycles. The van der Waals surface area contributed by atoms with Crippen molar-refractivity contribution in [2.24, 2.45) is 5.14 Å². The van der Waals surface area contributed by atoms with Gasteiger partial charge in [-0.05, 0) is 36.5 Å². The van der Waals surface area contributed by atoms with Crippen molar-refractivity contribution in [1.82, 2.24) is 5.32 Å². The van der Waals surface area contributed by atoms with Crippen LogP contribution < -0.4 is 10.5 Å². The summed E-state index contributed by atoms with van der Waals surface area (Å²) < 4.78 is 23.3. The number of nitrogens with one attached hydrogen (secondary N) is 1. The van der Waals surface area contributed by atoms with Crippen molar-refractivity contribution < 1.29 is 18.3 Å². The maximum Gasteiger partial charge on any atom is 0.242 e. The number of phenols is 1. The Kier molecular flexibility index (Phi) is 4.22. The summed E-state index contributed by atoms with van der Waals surface area (Å²) in [5, 5.41) is 17.8. The predicted octanol–water partition coefficient (Wildman–Crippen LogP) is 0.383. The lowest BCUT2D eigenvalue weighted by molar-refractivity contribution is -0.118. The maximum absolute atomic E-state index is 11.7. The van der Waals surface area contributed by atoms with E-state index in [1.165, 1.54) is 0 Å². The van der Waals surface area contributed by atoms with Gasteiger partial charge in [0.25, 0.3) is 0 Å². The highest BCUT2D eigenvalue weighted by molar-refractivity contribution is 7.89. The van der Waals surface area contributed by atoms with Crippen molar-refractivity contribution in [1.29, 1.82) is 0 Å². The van der Waals surface area contributed by atoms with Crippen molar-refractivity contribution in [3.05, 3.63) is 22.8 Å². The molecule has 1 aliphatic carbocycles. The molecule has 1 aromatic rings. The second kappa shape index (κ2) is 5.59. The summed E-state index contributed by atoms with van der Waals surface area (Å²) in [6, 6.07) is 1.71. The van der Waals surface area contributed by atoms with Crippen LogP contribution in [-0.2, 0) is 34.2 Å². The summed E-state index contributed by atoms with van der Waals surface area (Å²) in [5.74, 6) is -0.986. The van der Waals surface area contributed by atoms with Gasteiger partial charge in [-0.1, -0.05) is 0 Å². The third kappa shape index (κ3) is 2.89. The van der Waals surface area contributed by atoms with E-state index in [2.05, 4.69) is 5.32 Å². The van der Waals surface area contributed by atoms with Gasteiger partial charge in [0.05, 0.1) is 0 Å². The smallest absolute Gasteiger partial charge is 0.242 e.